The normalized spacial score (nSPS) is 11.1. The molecule has 0 atom stereocenters. The van der Waals surface area contributed by atoms with Gasteiger partial charge in [0.2, 0.25) is 5.43 Å². The maximum atomic E-state index is 12.4. The van der Waals surface area contributed by atoms with E-state index in [0.29, 0.717) is 17.5 Å². The van der Waals surface area contributed by atoms with Gasteiger partial charge in [0, 0.05) is 10.9 Å². The number of hydrogen-bond acceptors (Lipinski definition) is 5. The lowest BCUT2D eigenvalue weighted by molar-refractivity contribution is 0.0924. The fourth-order valence-electron chi connectivity index (χ4n) is 2.38. The highest BCUT2D eigenvalue weighted by Crippen LogP contribution is 2.21. The van der Waals surface area contributed by atoms with Crippen molar-refractivity contribution in [1.29, 1.82) is 0 Å². The number of carbonyl (C=O) groups excluding carboxylic acids is 1. The summed E-state index contributed by atoms with van der Waals surface area (Å²) in [7, 11) is 0. The number of nitrogens with one attached hydrogen (secondary N) is 1. The van der Waals surface area contributed by atoms with Crippen LogP contribution in [-0.2, 0) is 6.54 Å². The first-order chi connectivity index (χ1) is 11.2. The fourth-order valence-corrected chi connectivity index (χ4v) is 3.02. The van der Waals surface area contributed by atoms with E-state index >= 15 is 0 Å². The van der Waals surface area contributed by atoms with Crippen molar-refractivity contribution >= 4 is 39.4 Å². The summed E-state index contributed by atoms with van der Waals surface area (Å²) in [4.78, 5) is 25.6. The molecule has 0 aliphatic rings. The lowest BCUT2D eigenvalue weighted by Gasteiger charge is -1.99. The summed E-state index contributed by atoms with van der Waals surface area (Å²) in [5, 5.41) is 5.43. The molecule has 1 N–H and O–H groups in total. The molecule has 114 valence electrons. The van der Waals surface area contributed by atoms with Gasteiger partial charge in [-0.2, -0.15) is 0 Å². The molecular weight excluding hydrogens is 314 g/mol. The first kappa shape index (κ1) is 13.8. The van der Waals surface area contributed by atoms with Crippen LogP contribution in [0, 0.1) is 0 Å². The number of hydrogen-bond donors (Lipinski definition) is 1. The van der Waals surface area contributed by atoms with Crippen molar-refractivity contribution in [2.45, 2.75) is 6.54 Å². The van der Waals surface area contributed by atoms with E-state index in [9.17, 15) is 9.59 Å². The van der Waals surface area contributed by atoms with E-state index in [1.807, 2.05) is 17.5 Å². The second kappa shape index (κ2) is 5.40. The monoisotopic (exact) mass is 325 g/mol. The van der Waals surface area contributed by atoms with E-state index in [-0.39, 0.29) is 28.3 Å². The smallest absolute Gasteiger partial charge is 0.302 e. The van der Waals surface area contributed by atoms with Crippen LogP contribution in [0.25, 0.3) is 22.1 Å². The van der Waals surface area contributed by atoms with Gasteiger partial charge in [-0.3, -0.25) is 9.59 Å². The van der Waals surface area contributed by atoms with Crippen molar-refractivity contribution in [3.63, 3.8) is 0 Å². The minimum Gasteiger partial charge on any atom is -0.425 e. The molecule has 0 radical (unpaired) electrons. The molecule has 3 heterocycles. The van der Waals surface area contributed by atoms with Gasteiger partial charge in [0.05, 0.1) is 11.9 Å². The van der Waals surface area contributed by atoms with Gasteiger partial charge in [-0.1, -0.05) is 18.2 Å². The van der Waals surface area contributed by atoms with Crippen LogP contribution < -0.4 is 10.7 Å². The molecule has 6 heteroatoms. The topological polar surface area (TPSA) is 72.5 Å². The number of amides is 1. The molecule has 4 rings (SSSR count). The average Bonchev–Trinajstić information content (AvgIpc) is 3.22. The van der Waals surface area contributed by atoms with Crippen LogP contribution in [0.15, 0.2) is 61.5 Å². The van der Waals surface area contributed by atoms with Crippen LogP contribution in [0.2, 0.25) is 0 Å². The zero-order valence-corrected chi connectivity index (χ0v) is 12.7. The average molecular weight is 325 g/mol. The molecular formula is C17H11NO4S. The molecule has 0 aliphatic carbocycles. The Hall–Kier alpha value is -2.86. The molecule has 0 saturated carbocycles. The third-order valence-corrected chi connectivity index (χ3v) is 4.38. The number of benzene rings is 1. The minimum atomic E-state index is -0.381. The molecule has 23 heavy (non-hydrogen) atoms. The summed E-state index contributed by atoms with van der Waals surface area (Å²) in [6, 6.07) is 12.2. The number of thiophene rings is 1. The first-order valence-corrected chi connectivity index (χ1v) is 7.86. The minimum absolute atomic E-state index is 0.0627. The quantitative estimate of drug-likeness (QED) is 0.625. The summed E-state index contributed by atoms with van der Waals surface area (Å²) >= 11 is 1.56. The second-order valence-electron chi connectivity index (χ2n) is 5.00. The van der Waals surface area contributed by atoms with Crippen LogP contribution in [0.4, 0.5) is 0 Å². The largest absolute Gasteiger partial charge is 0.425 e. The molecule has 0 bridgehead atoms. The summed E-state index contributed by atoms with van der Waals surface area (Å²) in [5.41, 5.74) is 0.229. The molecule has 0 spiro atoms. The van der Waals surface area contributed by atoms with E-state index in [1.54, 1.807) is 35.6 Å². The molecule has 1 amide bonds. The molecule has 0 unspecified atom stereocenters. The number of rotatable bonds is 3. The highest BCUT2D eigenvalue weighted by molar-refractivity contribution is 7.09. The van der Waals surface area contributed by atoms with Crippen molar-refractivity contribution in [3.05, 3.63) is 68.7 Å². The molecule has 4 aromatic rings. The van der Waals surface area contributed by atoms with E-state index in [2.05, 4.69) is 5.32 Å². The highest BCUT2D eigenvalue weighted by atomic mass is 32.1. The van der Waals surface area contributed by atoms with Gasteiger partial charge in [0.1, 0.15) is 11.0 Å². The lowest BCUT2D eigenvalue weighted by Crippen LogP contribution is -2.21. The Morgan fingerprint density at radius 3 is 2.78 bits per heavy atom. The van der Waals surface area contributed by atoms with Gasteiger partial charge in [-0.15, -0.1) is 11.3 Å². The maximum absolute atomic E-state index is 12.4. The van der Waals surface area contributed by atoms with Gasteiger partial charge in [-0.05, 0) is 23.6 Å². The zero-order chi connectivity index (χ0) is 15.8. The van der Waals surface area contributed by atoms with Crippen molar-refractivity contribution < 1.29 is 13.6 Å². The van der Waals surface area contributed by atoms with Crippen molar-refractivity contribution in [3.8, 4) is 0 Å². The van der Waals surface area contributed by atoms with Crippen LogP contribution in [0.3, 0.4) is 0 Å². The van der Waals surface area contributed by atoms with Crippen molar-refractivity contribution in [2.24, 2.45) is 0 Å². The van der Waals surface area contributed by atoms with E-state index in [1.165, 1.54) is 6.07 Å². The molecule has 1 aromatic carbocycles. The SMILES string of the molecule is O=C(NCc1cccs1)c1cc2c(=O)c3ccccc3oc2o1. The Morgan fingerprint density at radius 1 is 1.09 bits per heavy atom. The highest BCUT2D eigenvalue weighted by Gasteiger charge is 2.17. The third-order valence-electron chi connectivity index (χ3n) is 3.50. The van der Waals surface area contributed by atoms with Crippen LogP contribution >= 0.6 is 11.3 Å². The Kier molecular flexibility index (Phi) is 3.24. The van der Waals surface area contributed by atoms with Gasteiger partial charge >= 0.3 is 5.78 Å². The van der Waals surface area contributed by atoms with E-state index in [0.717, 1.165) is 4.88 Å². The van der Waals surface area contributed by atoms with E-state index in [4.69, 9.17) is 8.83 Å². The Morgan fingerprint density at radius 2 is 1.96 bits per heavy atom. The summed E-state index contributed by atoms with van der Waals surface area (Å²) in [6.07, 6.45) is 0. The number of carbonyl (C=O) groups is 1. The standard InChI is InChI=1S/C17H11NO4S/c19-15-11-5-1-2-6-13(11)21-17-12(15)8-14(22-17)16(20)18-9-10-4-3-7-23-10/h1-8H,9H2,(H,18,20). The van der Waals surface area contributed by atoms with Crippen molar-refractivity contribution in [1.82, 2.24) is 5.32 Å². The van der Waals surface area contributed by atoms with Crippen molar-refractivity contribution in [2.75, 3.05) is 0 Å². The van der Waals surface area contributed by atoms with Crippen LogP contribution in [-0.4, -0.2) is 5.91 Å². The molecule has 0 fully saturated rings. The summed E-state index contributed by atoms with van der Waals surface area (Å²) in [6.45, 7) is 0.414. The first-order valence-electron chi connectivity index (χ1n) is 6.98. The number of fused-ring (bicyclic) bond motifs is 2. The predicted molar refractivity (Wildman–Crippen MR) is 87.7 cm³/mol. The summed E-state index contributed by atoms with van der Waals surface area (Å²) in [5.74, 6) is -0.254. The zero-order valence-electron chi connectivity index (χ0n) is 11.9. The van der Waals surface area contributed by atoms with Gasteiger partial charge < -0.3 is 14.2 Å². The molecule has 0 aliphatic heterocycles. The Bertz CT molecular complexity index is 1060. The summed E-state index contributed by atoms with van der Waals surface area (Å²) < 4.78 is 11.0. The molecule has 0 saturated heterocycles. The second-order valence-corrected chi connectivity index (χ2v) is 6.03. The predicted octanol–water partition coefficient (Wildman–Crippen LogP) is 3.53. The fraction of sp³-hybridized carbons (Fsp3) is 0.0588. The van der Waals surface area contributed by atoms with Gasteiger partial charge in [0.15, 0.2) is 5.76 Å². The Labute approximate surface area is 134 Å². The lowest BCUT2D eigenvalue weighted by atomic mass is 10.2. The van der Waals surface area contributed by atoms with Crippen LogP contribution in [0.5, 0.6) is 0 Å². The van der Waals surface area contributed by atoms with Crippen LogP contribution in [0.1, 0.15) is 15.4 Å². The van der Waals surface area contributed by atoms with E-state index < -0.39 is 0 Å². The van der Waals surface area contributed by atoms with Gasteiger partial charge in [0.25, 0.3) is 5.91 Å². The molecule has 5 nitrogen and oxygen atoms in total. The maximum Gasteiger partial charge on any atom is 0.302 e. The third kappa shape index (κ3) is 2.43. The molecule has 3 aromatic heterocycles. The number of furan rings is 1. The van der Waals surface area contributed by atoms with Gasteiger partial charge in [-0.25, -0.2) is 0 Å². The number of para-hydroxylation sites is 1. The Balaban J connectivity index is 1.71.